The van der Waals surface area contributed by atoms with Gasteiger partial charge in [-0.25, -0.2) is 0 Å². The number of hydrogen-bond donors (Lipinski definition) is 0. The lowest BCUT2D eigenvalue weighted by Crippen LogP contribution is -2.18. The van der Waals surface area contributed by atoms with Crippen molar-refractivity contribution in [2.45, 2.75) is 0 Å². The van der Waals surface area contributed by atoms with Crippen molar-refractivity contribution >= 4 is 18.8 Å². The SMILES string of the molecule is O=c1ccc2cc3ccc(OP(=O)([O-])[O-])cc3oc-2c1. The average Bonchev–Trinajstić information content (AvgIpc) is 2.34. The summed E-state index contributed by atoms with van der Waals surface area (Å²) in [5.41, 5.74) is 0.856. The van der Waals surface area contributed by atoms with Gasteiger partial charge in [-0.05, 0) is 30.3 Å². The largest absolute Gasteiger partial charge is 0.780 e. The zero-order valence-electron chi connectivity index (χ0n) is 9.94. The van der Waals surface area contributed by atoms with E-state index in [0.29, 0.717) is 16.7 Å². The van der Waals surface area contributed by atoms with Crippen molar-refractivity contribution in [2.75, 3.05) is 0 Å². The summed E-state index contributed by atoms with van der Waals surface area (Å²) in [4.78, 5) is 32.4. The molecule has 0 saturated heterocycles. The fraction of sp³-hybridized carbons (Fsp3) is 0. The number of rotatable bonds is 2. The van der Waals surface area contributed by atoms with Gasteiger partial charge in [-0.2, -0.15) is 0 Å². The Hall–Kier alpha value is -2.14. The number of benzene rings is 2. The highest BCUT2D eigenvalue weighted by Crippen LogP contribution is 2.33. The van der Waals surface area contributed by atoms with Gasteiger partial charge in [0.2, 0.25) is 0 Å². The predicted molar refractivity (Wildman–Crippen MR) is 67.3 cm³/mol. The Bertz CT molecular complexity index is 862. The minimum absolute atomic E-state index is 0.132. The van der Waals surface area contributed by atoms with E-state index in [2.05, 4.69) is 4.52 Å². The summed E-state index contributed by atoms with van der Waals surface area (Å²) in [5.74, 6) is 0.238. The molecule has 1 aromatic carbocycles. The number of phosphoric ester groups is 1. The summed E-state index contributed by atoms with van der Waals surface area (Å²) >= 11 is 0. The van der Waals surface area contributed by atoms with E-state index in [9.17, 15) is 19.1 Å². The second-order valence-corrected chi connectivity index (χ2v) is 5.26. The number of hydrogen-bond acceptors (Lipinski definition) is 6. The Morgan fingerprint density at radius 1 is 1.05 bits per heavy atom. The van der Waals surface area contributed by atoms with E-state index < -0.39 is 7.82 Å². The monoisotopic (exact) mass is 290 g/mol. The Kier molecular flexibility index (Phi) is 2.87. The smallest absolute Gasteiger partial charge is 0.182 e. The molecule has 0 amide bonds. The molecule has 0 atom stereocenters. The van der Waals surface area contributed by atoms with Crippen molar-refractivity contribution in [1.29, 1.82) is 0 Å². The second kappa shape index (κ2) is 4.45. The highest BCUT2D eigenvalue weighted by molar-refractivity contribution is 7.43. The molecule has 7 heteroatoms. The summed E-state index contributed by atoms with van der Waals surface area (Å²) < 4.78 is 20.3. The second-order valence-electron chi connectivity index (χ2n) is 4.18. The molecule has 0 saturated carbocycles. The molecule has 1 heterocycles. The van der Waals surface area contributed by atoms with Crippen LogP contribution in [0, 0.1) is 0 Å². The Labute approximate surface area is 112 Å². The third-order valence-corrected chi connectivity index (χ3v) is 3.15. The first-order valence-corrected chi connectivity index (χ1v) is 7.06. The number of phosphoric acid groups is 1. The summed E-state index contributed by atoms with van der Waals surface area (Å²) in [6.07, 6.45) is 0. The highest BCUT2D eigenvalue weighted by Gasteiger charge is 2.08. The Balaban J connectivity index is 2.19. The maximum Gasteiger partial charge on any atom is 0.182 e. The Morgan fingerprint density at radius 2 is 1.85 bits per heavy atom. The molecule has 102 valence electrons. The summed E-state index contributed by atoms with van der Waals surface area (Å²) in [6, 6.07) is 10.4. The maximum absolute atomic E-state index is 11.3. The zero-order valence-corrected chi connectivity index (χ0v) is 10.8. The third kappa shape index (κ3) is 2.58. The van der Waals surface area contributed by atoms with Crippen LogP contribution in [0.25, 0.3) is 22.3 Å². The van der Waals surface area contributed by atoms with Crippen LogP contribution in [0.2, 0.25) is 0 Å². The van der Waals surface area contributed by atoms with Crippen LogP contribution < -0.4 is 19.7 Å². The first-order valence-electron chi connectivity index (χ1n) is 5.60. The van der Waals surface area contributed by atoms with E-state index in [-0.39, 0.29) is 11.2 Å². The van der Waals surface area contributed by atoms with Crippen molar-refractivity contribution < 1.29 is 23.3 Å². The van der Waals surface area contributed by atoms with Gasteiger partial charge in [0.15, 0.2) is 5.43 Å². The summed E-state index contributed by atoms with van der Waals surface area (Å²) in [5, 5.41) is 0.690. The standard InChI is InChI=1S/C13H9O6P/c14-10-3-1-8-5-9-2-4-11(19-20(15,16)17)7-13(9)18-12(8)6-10/h1-7H,(H2,15,16,17)/p-2. The topological polar surface area (TPSA) is 103 Å². The predicted octanol–water partition coefficient (Wildman–Crippen LogP) is 1.11. The number of fused-ring (bicyclic) bond motifs is 2. The maximum atomic E-state index is 11.3. The van der Waals surface area contributed by atoms with E-state index in [0.717, 1.165) is 5.56 Å². The van der Waals surface area contributed by atoms with E-state index in [1.807, 2.05) is 0 Å². The molecule has 2 aliphatic rings. The van der Waals surface area contributed by atoms with Gasteiger partial charge >= 0.3 is 0 Å². The molecule has 1 aliphatic heterocycles. The quantitative estimate of drug-likeness (QED) is 0.517. The fourth-order valence-corrected chi connectivity index (χ4v) is 2.29. The lowest BCUT2D eigenvalue weighted by Gasteiger charge is -2.28. The van der Waals surface area contributed by atoms with E-state index in [1.165, 1.54) is 24.3 Å². The molecule has 3 rings (SSSR count). The van der Waals surface area contributed by atoms with Crippen LogP contribution in [0.15, 0.2) is 51.7 Å². The first kappa shape index (κ1) is 12.9. The molecule has 0 aromatic heterocycles. The van der Waals surface area contributed by atoms with E-state index in [1.54, 1.807) is 18.2 Å². The van der Waals surface area contributed by atoms with Gasteiger partial charge in [-0.15, -0.1) is 0 Å². The summed E-state index contributed by atoms with van der Waals surface area (Å²) in [7, 11) is -5.11. The van der Waals surface area contributed by atoms with Crippen molar-refractivity contribution in [3.63, 3.8) is 0 Å². The van der Waals surface area contributed by atoms with Crippen LogP contribution in [-0.4, -0.2) is 0 Å². The minimum Gasteiger partial charge on any atom is -0.780 e. The molecular weight excluding hydrogens is 283 g/mol. The van der Waals surface area contributed by atoms with Crippen molar-refractivity contribution in [2.24, 2.45) is 0 Å². The molecule has 0 N–H and O–H groups in total. The van der Waals surface area contributed by atoms with Crippen molar-refractivity contribution in [3.8, 4) is 17.1 Å². The van der Waals surface area contributed by atoms with Crippen LogP contribution >= 0.6 is 7.82 Å². The Morgan fingerprint density at radius 3 is 2.60 bits per heavy atom. The van der Waals surface area contributed by atoms with Gasteiger partial charge in [0, 0.05) is 23.1 Å². The van der Waals surface area contributed by atoms with E-state index in [4.69, 9.17) is 4.42 Å². The highest BCUT2D eigenvalue weighted by atomic mass is 31.2. The van der Waals surface area contributed by atoms with Gasteiger partial charge in [0.25, 0.3) is 0 Å². The van der Waals surface area contributed by atoms with Crippen molar-refractivity contribution in [3.05, 3.63) is 52.7 Å². The first-order chi connectivity index (χ1) is 9.40. The van der Waals surface area contributed by atoms with Gasteiger partial charge < -0.3 is 23.3 Å². The molecule has 20 heavy (non-hydrogen) atoms. The zero-order chi connectivity index (χ0) is 14.3. The van der Waals surface area contributed by atoms with Gasteiger partial charge in [-0.1, -0.05) is 0 Å². The van der Waals surface area contributed by atoms with Crippen LogP contribution in [0.4, 0.5) is 0 Å². The van der Waals surface area contributed by atoms with Crippen LogP contribution in [0.3, 0.4) is 0 Å². The van der Waals surface area contributed by atoms with Crippen LogP contribution in [-0.2, 0) is 4.57 Å². The van der Waals surface area contributed by atoms with Crippen molar-refractivity contribution in [1.82, 2.24) is 0 Å². The molecule has 0 bridgehead atoms. The fourth-order valence-electron chi connectivity index (χ4n) is 1.92. The lowest BCUT2D eigenvalue weighted by molar-refractivity contribution is -0.333. The lowest BCUT2D eigenvalue weighted by atomic mass is 10.1. The molecule has 0 spiro atoms. The van der Waals surface area contributed by atoms with Gasteiger partial charge in [-0.3, -0.25) is 4.79 Å². The summed E-state index contributed by atoms with van der Waals surface area (Å²) in [6.45, 7) is 0. The molecule has 1 aromatic rings. The molecular formula is C13H7O6P-2. The third-order valence-electron chi connectivity index (χ3n) is 2.72. The molecule has 6 nitrogen and oxygen atoms in total. The molecule has 0 unspecified atom stereocenters. The normalized spacial score (nSPS) is 11.9. The van der Waals surface area contributed by atoms with Crippen LogP contribution in [0.1, 0.15) is 0 Å². The van der Waals surface area contributed by atoms with Crippen LogP contribution in [0.5, 0.6) is 5.75 Å². The minimum atomic E-state index is -5.11. The average molecular weight is 290 g/mol. The molecule has 0 fully saturated rings. The molecule has 0 radical (unpaired) electrons. The van der Waals surface area contributed by atoms with Gasteiger partial charge in [0.05, 0.1) is 0 Å². The molecule has 1 aliphatic carbocycles. The van der Waals surface area contributed by atoms with E-state index >= 15 is 0 Å². The van der Waals surface area contributed by atoms with Gasteiger partial charge in [0.1, 0.15) is 24.9 Å².